The number of hydrogen-bond donors (Lipinski definition) is 1. The summed E-state index contributed by atoms with van der Waals surface area (Å²) in [6, 6.07) is 13.9. The second-order valence-electron chi connectivity index (χ2n) is 11.9. The van der Waals surface area contributed by atoms with Gasteiger partial charge < -0.3 is 19.1 Å². The number of likely N-dealkylation sites (tertiary alicyclic amines) is 1. The first-order valence-electron chi connectivity index (χ1n) is 14.9. The summed E-state index contributed by atoms with van der Waals surface area (Å²) < 4.78 is 59.5. The van der Waals surface area contributed by atoms with E-state index in [0.29, 0.717) is 26.2 Å². The second kappa shape index (κ2) is 11.4. The van der Waals surface area contributed by atoms with E-state index in [1.54, 1.807) is 24.3 Å². The van der Waals surface area contributed by atoms with Crippen LogP contribution in [-0.2, 0) is 23.7 Å². The number of hydrogen-bond acceptors (Lipinski definition) is 5. The minimum atomic E-state index is -3.18. The highest BCUT2D eigenvalue weighted by molar-refractivity contribution is 6.30. The van der Waals surface area contributed by atoms with Crippen LogP contribution in [0.2, 0.25) is 5.02 Å². The molecule has 4 aromatic rings. The van der Waals surface area contributed by atoms with Gasteiger partial charge in [-0.15, -0.1) is 0 Å². The number of piperidine rings is 1. The Hall–Kier alpha value is -3.60. The fourth-order valence-corrected chi connectivity index (χ4v) is 6.78. The van der Waals surface area contributed by atoms with Crippen molar-refractivity contribution in [2.45, 2.75) is 62.8 Å². The summed E-state index contributed by atoms with van der Waals surface area (Å²) in [6.45, 7) is 3.31. The summed E-state index contributed by atoms with van der Waals surface area (Å²) in [6.07, 6.45) is 0.669. The number of ether oxygens (including phenoxy) is 2. The zero-order valence-corrected chi connectivity index (χ0v) is 24.6. The number of nitrogens with zero attached hydrogens (tertiary/aromatic N) is 3. The molecule has 2 saturated heterocycles. The Morgan fingerprint density at radius 3 is 2.57 bits per heavy atom. The number of imidazole rings is 1. The van der Waals surface area contributed by atoms with E-state index in [1.807, 2.05) is 6.07 Å². The summed E-state index contributed by atoms with van der Waals surface area (Å²) >= 11 is 5.90. The number of aromatic nitrogens is 2. The normalized spacial score (nSPS) is 21.9. The van der Waals surface area contributed by atoms with Gasteiger partial charge in [0.1, 0.15) is 23.5 Å². The van der Waals surface area contributed by atoms with Crippen molar-refractivity contribution >= 4 is 28.6 Å². The molecule has 7 rings (SSSR count). The van der Waals surface area contributed by atoms with E-state index in [-0.39, 0.29) is 39.5 Å². The van der Waals surface area contributed by atoms with Gasteiger partial charge in [0.25, 0.3) is 5.92 Å². The Labute approximate surface area is 257 Å². The maximum atomic E-state index is 15.4. The van der Waals surface area contributed by atoms with Crippen molar-refractivity contribution in [3.05, 3.63) is 93.5 Å². The van der Waals surface area contributed by atoms with Crippen LogP contribution in [0.15, 0.2) is 54.6 Å². The SMILES string of the molecule is O=C(O)c1ccc2nc(CN3CCC(c4cccc5c4OC(c4ccc(Cl)cc4F)CC5(F)F)CC3)n(CC3CCO3)c2c1. The summed E-state index contributed by atoms with van der Waals surface area (Å²) in [5.41, 5.74) is 2.34. The van der Waals surface area contributed by atoms with Gasteiger partial charge in [-0.3, -0.25) is 4.90 Å². The molecule has 0 aliphatic carbocycles. The molecule has 0 bridgehead atoms. The fraction of sp³-hybridized carbons (Fsp3) is 0.394. The van der Waals surface area contributed by atoms with E-state index in [2.05, 4.69) is 9.47 Å². The van der Waals surface area contributed by atoms with Crippen LogP contribution in [0.5, 0.6) is 5.75 Å². The monoisotopic (exact) mass is 625 g/mol. The molecule has 1 N–H and O–H groups in total. The van der Waals surface area contributed by atoms with E-state index in [9.17, 15) is 14.3 Å². The summed E-state index contributed by atoms with van der Waals surface area (Å²) in [5, 5.41) is 9.72. The first-order chi connectivity index (χ1) is 21.2. The number of para-hydroxylation sites is 1. The van der Waals surface area contributed by atoms with Crippen LogP contribution >= 0.6 is 11.6 Å². The van der Waals surface area contributed by atoms with Crippen molar-refractivity contribution in [3.8, 4) is 5.75 Å². The van der Waals surface area contributed by atoms with Gasteiger partial charge in [-0.1, -0.05) is 29.8 Å². The maximum absolute atomic E-state index is 15.4. The molecule has 4 heterocycles. The number of halogens is 4. The van der Waals surface area contributed by atoms with E-state index in [0.717, 1.165) is 54.4 Å². The third kappa shape index (κ3) is 5.44. The average Bonchev–Trinajstić information content (AvgIpc) is 3.30. The zero-order valence-electron chi connectivity index (χ0n) is 23.8. The topological polar surface area (TPSA) is 76.8 Å². The smallest absolute Gasteiger partial charge is 0.335 e. The predicted octanol–water partition coefficient (Wildman–Crippen LogP) is 7.31. The van der Waals surface area contributed by atoms with Crippen molar-refractivity contribution in [2.75, 3.05) is 19.7 Å². The highest BCUT2D eigenvalue weighted by Crippen LogP contribution is 2.51. The van der Waals surface area contributed by atoms with Crippen molar-refractivity contribution in [2.24, 2.45) is 0 Å². The number of carboxylic acid groups (broad SMARTS) is 1. The molecule has 0 radical (unpaired) electrons. The predicted molar refractivity (Wildman–Crippen MR) is 158 cm³/mol. The van der Waals surface area contributed by atoms with Crippen LogP contribution < -0.4 is 4.74 Å². The zero-order chi connectivity index (χ0) is 30.6. The summed E-state index contributed by atoms with van der Waals surface area (Å²) in [4.78, 5) is 18.8. The number of benzene rings is 3. The van der Waals surface area contributed by atoms with Gasteiger partial charge in [0.15, 0.2) is 0 Å². The minimum absolute atomic E-state index is 0.00821. The molecular formula is C33H31ClF3N3O4. The lowest BCUT2D eigenvalue weighted by Crippen LogP contribution is -2.35. The molecule has 0 saturated carbocycles. The lowest BCUT2D eigenvalue weighted by atomic mass is 9.84. The fourth-order valence-electron chi connectivity index (χ4n) is 6.62. The minimum Gasteiger partial charge on any atom is -0.485 e. The number of fused-ring (bicyclic) bond motifs is 2. The Bertz CT molecular complexity index is 1730. The Morgan fingerprint density at radius 1 is 1.07 bits per heavy atom. The molecule has 230 valence electrons. The van der Waals surface area contributed by atoms with Gasteiger partial charge in [0, 0.05) is 17.2 Å². The van der Waals surface area contributed by atoms with Crippen LogP contribution in [0.1, 0.15) is 70.6 Å². The maximum Gasteiger partial charge on any atom is 0.335 e. The molecule has 2 atom stereocenters. The van der Waals surface area contributed by atoms with Crippen molar-refractivity contribution in [1.29, 1.82) is 0 Å². The molecule has 1 aromatic heterocycles. The molecule has 0 amide bonds. The van der Waals surface area contributed by atoms with E-state index >= 15 is 8.78 Å². The average molecular weight is 626 g/mol. The molecule has 7 nitrogen and oxygen atoms in total. The van der Waals surface area contributed by atoms with Crippen LogP contribution in [0, 0.1) is 5.82 Å². The lowest BCUT2D eigenvalue weighted by molar-refractivity contribution is -0.0669. The summed E-state index contributed by atoms with van der Waals surface area (Å²) in [5.74, 6) is -3.85. The van der Waals surface area contributed by atoms with Crippen LogP contribution in [0.25, 0.3) is 11.0 Å². The van der Waals surface area contributed by atoms with E-state index in [1.165, 1.54) is 18.2 Å². The molecule has 44 heavy (non-hydrogen) atoms. The van der Waals surface area contributed by atoms with Crippen LogP contribution in [0.3, 0.4) is 0 Å². The molecule has 0 spiro atoms. The number of alkyl halides is 2. The van der Waals surface area contributed by atoms with Gasteiger partial charge in [-0.25, -0.2) is 22.9 Å². The Kier molecular flexibility index (Phi) is 7.54. The number of carboxylic acids is 1. The van der Waals surface area contributed by atoms with Crippen LogP contribution in [0.4, 0.5) is 13.2 Å². The molecular weight excluding hydrogens is 595 g/mol. The van der Waals surface area contributed by atoms with Crippen molar-refractivity contribution in [1.82, 2.24) is 14.5 Å². The Morgan fingerprint density at radius 2 is 1.86 bits per heavy atom. The number of rotatable bonds is 7. The third-order valence-corrected chi connectivity index (χ3v) is 9.33. The van der Waals surface area contributed by atoms with Gasteiger partial charge in [0.05, 0.1) is 47.8 Å². The number of carbonyl (C=O) groups is 1. The molecule has 3 aromatic carbocycles. The first kappa shape index (κ1) is 29.1. The lowest BCUT2D eigenvalue weighted by Gasteiger charge is -2.37. The van der Waals surface area contributed by atoms with Crippen LogP contribution in [-0.4, -0.2) is 51.3 Å². The highest BCUT2D eigenvalue weighted by Gasteiger charge is 2.45. The molecule has 3 aliphatic rings. The Balaban J connectivity index is 1.11. The van der Waals surface area contributed by atoms with Gasteiger partial charge in [-0.2, -0.15) is 0 Å². The van der Waals surface area contributed by atoms with E-state index in [4.69, 9.17) is 26.1 Å². The quantitative estimate of drug-likeness (QED) is 0.232. The molecule has 3 aliphatic heterocycles. The van der Waals surface area contributed by atoms with Crippen molar-refractivity contribution in [3.63, 3.8) is 0 Å². The molecule has 2 unspecified atom stereocenters. The number of aromatic carboxylic acids is 1. The highest BCUT2D eigenvalue weighted by atomic mass is 35.5. The standard InChI is InChI=1S/C33H31ClF3N3O4/c34-21-5-6-24(26(35)15-21)29-16-33(36,37)25-3-1-2-23(31(25)44-29)19-8-11-39(12-9-19)18-30-38-27-7-4-20(32(41)42)14-28(27)40(30)17-22-10-13-43-22/h1-7,14-15,19,22,29H,8-13,16-18H2,(H,41,42). The second-order valence-corrected chi connectivity index (χ2v) is 12.3. The van der Waals surface area contributed by atoms with Gasteiger partial charge in [-0.05, 0) is 80.2 Å². The van der Waals surface area contributed by atoms with E-state index < -0.39 is 30.2 Å². The summed E-state index contributed by atoms with van der Waals surface area (Å²) in [7, 11) is 0. The van der Waals surface area contributed by atoms with Gasteiger partial charge >= 0.3 is 5.97 Å². The third-order valence-electron chi connectivity index (χ3n) is 9.10. The van der Waals surface area contributed by atoms with Crippen molar-refractivity contribution < 1.29 is 32.5 Å². The first-order valence-corrected chi connectivity index (χ1v) is 15.2. The van der Waals surface area contributed by atoms with Gasteiger partial charge in [0.2, 0.25) is 0 Å². The molecule has 2 fully saturated rings. The molecule has 11 heteroatoms. The largest absolute Gasteiger partial charge is 0.485 e.